The van der Waals surface area contributed by atoms with E-state index in [1.54, 1.807) is 20.8 Å². The van der Waals surface area contributed by atoms with E-state index in [4.69, 9.17) is 19.1 Å². The second kappa shape index (κ2) is 5.72. The van der Waals surface area contributed by atoms with Crippen molar-refractivity contribution < 1.29 is 28.7 Å². The van der Waals surface area contributed by atoms with Gasteiger partial charge in [0.15, 0.2) is 11.5 Å². The SMILES string of the molecule is CC(C)(C)OC(=O)N1CCOCC1c1cc(C(=O)O)no1. The molecule has 0 bridgehead atoms. The van der Waals surface area contributed by atoms with Crippen molar-refractivity contribution in [2.45, 2.75) is 32.4 Å². The predicted molar refractivity (Wildman–Crippen MR) is 70.0 cm³/mol. The highest BCUT2D eigenvalue weighted by Gasteiger charge is 2.34. The van der Waals surface area contributed by atoms with E-state index in [-0.39, 0.29) is 18.1 Å². The minimum Gasteiger partial charge on any atom is -0.476 e. The van der Waals surface area contributed by atoms with Crippen molar-refractivity contribution >= 4 is 12.1 Å². The third-order valence-electron chi connectivity index (χ3n) is 2.83. The summed E-state index contributed by atoms with van der Waals surface area (Å²) in [6, 6.07) is 0.744. The van der Waals surface area contributed by atoms with Crippen LogP contribution in [-0.2, 0) is 9.47 Å². The van der Waals surface area contributed by atoms with Crippen LogP contribution < -0.4 is 0 Å². The van der Waals surface area contributed by atoms with Crippen LogP contribution in [0, 0.1) is 0 Å². The van der Waals surface area contributed by atoms with Crippen LogP contribution in [0.25, 0.3) is 0 Å². The first-order valence-electron chi connectivity index (χ1n) is 6.55. The van der Waals surface area contributed by atoms with Gasteiger partial charge < -0.3 is 19.1 Å². The van der Waals surface area contributed by atoms with Gasteiger partial charge in [0.2, 0.25) is 0 Å². The molecule has 8 nitrogen and oxygen atoms in total. The molecule has 8 heteroatoms. The van der Waals surface area contributed by atoms with Crippen LogP contribution in [0.3, 0.4) is 0 Å². The van der Waals surface area contributed by atoms with Gasteiger partial charge in [-0.3, -0.25) is 4.90 Å². The van der Waals surface area contributed by atoms with Gasteiger partial charge in [-0.25, -0.2) is 9.59 Å². The first kappa shape index (κ1) is 15.3. The Hall–Kier alpha value is -2.09. The average molecular weight is 298 g/mol. The van der Waals surface area contributed by atoms with E-state index >= 15 is 0 Å². The smallest absolute Gasteiger partial charge is 0.411 e. The van der Waals surface area contributed by atoms with Gasteiger partial charge in [-0.05, 0) is 20.8 Å². The number of aromatic nitrogens is 1. The molecule has 2 heterocycles. The number of carboxylic acid groups (broad SMARTS) is 1. The molecule has 1 N–H and O–H groups in total. The van der Waals surface area contributed by atoms with Crippen molar-refractivity contribution in [1.29, 1.82) is 0 Å². The van der Waals surface area contributed by atoms with E-state index in [1.807, 2.05) is 0 Å². The van der Waals surface area contributed by atoms with Gasteiger partial charge in [-0.1, -0.05) is 5.16 Å². The van der Waals surface area contributed by atoms with Crippen molar-refractivity contribution in [2.24, 2.45) is 0 Å². The summed E-state index contributed by atoms with van der Waals surface area (Å²) in [5, 5.41) is 12.3. The zero-order valence-corrected chi connectivity index (χ0v) is 12.2. The van der Waals surface area contributed by atoms with Crippen molar-refractivity contribution in [1.82, 2.24) is 10.1 Å². The Morgan fingerprint density at radius 3 is 2.76 bits per heavy atom. The molecule has 1 amide bonds. The molecule has 2 rings (SSSR count). The highest BCUT2D eigenvalue weighted by atomic mass is 16.6. The number of amides is 1. The molecule has 0 spiro atoms. The van der Waals surface area contributed by atoms with E-state index in [9.17, 15) is 9.59 Å². The number of carbonyl (C=O) groups is 2. The highest BCUT2D eigenvalue weighted by Crippen LogP contribution is 2.26. The molecule has 0 radical (unpaired) electrons. The van der Waals surface area contributed by atoms with Crippen molar-refractivity contribution in [3.63, 3.8) is 0 Å². The standard InChI is InChI=1S/C13H18N2O6/c1-13(2,3)20-12(18)15-4-5-19-7-9(15)10-6-8(11(16)17)14-21-10/h6,9H,4-5,7H2,1-3H3,(H,16,17). The van der Waals surface area contributed by atoms with Crippen LogP contribution in [0.4, 0.5) is 4.79 Å². The second-order valence-corrected chi connectivity index (χ2v) is 5.68. The lowest BCUT2D eigenvalue weighted by Crippen LogP contribution is -2.45. The number of aromatic carboxylic acids is 1. The van der Waals surface area contributed by atoms with Gasteiger partial charge in [0.25, 0.3) is 0 Å². The summed E-state index contributed by atoms with van der Waals surface area (Å²) < 4.78 is 15.7. The Labute approximate surface area is 121 Å². The first-order valence-corrected chi connectivity index (χ1v) is 6.55. The Morgan fingerprint density at radius 1 is 1.48 bits per heavy atom. The zero-order chi connectivity index (χ0) is 15.6. The second-order valence-electron chi connectivity index (χ2n) is 5.68. The number of rotatable bonds is 2. The molecule has 116 valence electrons. The molecule has 1 aromatic rings. The van der Waals surface area contributed by atoms with Gasteiger partial charge in [0.05, 0.1) is 13.2 Å². The van der Waals surface area contributed by atoms with E-state index in [2.05, 4.69) is 5.16 Å². The maximum atomic E-state index is 12.2. The summed E-state index contributed by atoms with van der Waals surface area (Å²) in [5.41, 5.74) is -0.826. The molecule has 0 saturated carbocycles. The van der Waals surface area contributed by atoms with Gasteiger partial charge in [-0.15, -0.1) is 0 Å². The number of hydrogen-bond donors (Lipinski definition) is 1. The summed E-state index contributed by atoms with van der Waals surface area (Å²) in [6.45, 7) is 6.25. The fourth-order valence-corrected chi connectivity index (χ4v) is 1.93. The number of hydrogen-bond acceptors (Lipinski definition) is 6. The van der Waals surface area contributed by atoms with Crippen LogP contribution in [-0.4, -0.2) is 52.6 Å². The Balaban J connectivity index is 2.18. The van der Waals surface area contributed by atoms with Gasteiger partial charge in [-0.2, -0.15) is 0 Å². The summed E-state index contributed by atoms with van der Waals surface area (Å²) in [7, 11) is 0. The third kappa shape index (κ3) is 3.72. The molecule has 21 heavy (non-hydrogen) atoms. The van der Waals surface area contributed by atoms with Gasteiger partial charge in [0, 0.05) is 12.6 Å². The zero-order valence-electron chi connectivity index (χ0n) is 12.2. The molecule has 1 aromatic heterocycles. The van der Waals surface area contributed by atoms with Crippen molar-refractivity contribution in [2.75, 3.05) is 19.8 Å². The van der Waals surface area contributed by atoms with E-state index in [0.717, 1.165) is 0 Å². The fourth-order valence-electron chi connectivity index (χ4n) is 1.93. The van der Waals surface area contributed by atoms with Crippen molar-refractivity contribution in [3.05, 3.63) is 17.5 Å². The van der Waals surface area contributed by atoms with E-state index in [0.29, 0.717) is 13.2 Å². The van der Waals surface area contributed by atoms with Gasteiger partial charge in [0.1, 0.15) is 11.6 Å². The molecule has 1 fully saturated rings. The highest BCUT2D eigenvalue weighted by molar-refractivity contribution is 5.85. The lowest BCUT2D eigenvalue weighted by Gasteiger charge is -2.35. The maximum Gasteiger partial charge on any atom is 0.411 e. The summed E-state index contributed by atoms with van der Waals surface area (Å²) in [5.74, 6) is -0.927. The molecule has 0 aromatic carbocycles. The lowest BCUT2D eigenvalue weighted by atomic mass is 10.1. The molecule has 1 aliphatic heterocycles. The predicted octanol–water partition coefficient (Wildman–Crippen LogP) is 1.68. The van der Waals surface area contributed by atoms with E-state index < -0.39 is 23.7 Å². The minimum atomic E-state index is -1.19. The Bertz CT molecular complexity index is 533. The summed E-state index contributed by atoms with van der Waals surface area (Å²) >= 11 is 0. The monoisotopic (exact) mass is 298 g/mol. The van der Waals surface area contributed by atoms with Crippen molar-refractivity contribution in [3.8, 4) is 0 Å². The van der Waals surface area contributed by atoms with Crippen LogP contribution in [0.15, 0.2) is 10.6 Å². The largest absolute Gasteiger partial charge is 0.476 e. The van der Waals surface area contributed by atoms with Crippen LogP contribution in [0.1, 0.15) is 43.1 Å². The minimum absolute atomic E-state index is 0.202. The number of ether oxygens (including phenoxy) is 2. The molecular weight excluding hydrogens is 280 g/mol. The summed E-state index contributed by atoms with van der Waals surface area (Å²) in [6.07, 6.45) is -0.496. The number of nitrogens with zero attached hydrogens (tertiary/aromatic N) is 2. The average Bonchev–Trinajstić information content (AvgIpc) is 2.86. The quantitative estimate of drug-likeness (QED) is 0.886. The molecule has 1 atom stereocenters. The molecule has 0 aliphatic carbocycles. The van der Waals surface area contributed by atoms with Crippen LogP contribution >= 0.6 is 0 Å². The topological polar surface area (TPSA) is 102 Å². The van der Waals surface area contributed by atoms with Crippen LogP contribution in [0.5, 0.6) is 0 Å². The van der Waals surface area contributed by atoms with Crippen LogP contribution in [0.2, 0.25) is 0 Å². The maximum absolute atomic E-state index is 12.2. The lowest BCUT2D eigenvalue weighted by molar-refractivity contribution is -0.0388. The Morgan fingerprint density at radius 2 is 2.19 bits per heavy atom. The first-order chi connectivity index (χ1) is 9.78. The Kier molecular flexibility index (Phi) is 4.17. The summed E-state index contributed by atoms with van der Waals surface area (Å²) in [4.78, 5) is 24.5. The normalized spacial score (nSPS) is 19.4. The van der Waals surface area contributed by atoms with Gasteiger partial charge >= 0.3 is 12.1 Å². The number of morpholine rings is 1. The molecular formula is C13H18N2O6. The molecule has 1 saturated heterocycles. The molecule has 1 aliphatic rings. The number of carboxylic acids is 1. The third-order valence-corrected chi connectivity index (χ3v) is 2.83. The molecule has 1 unspecified atom stereocenters. The number of carbonyl (C=O) groups excluding carboxylic acids is 1. The fraction of sp³-hybridized carbons (Fsp3) is 0.615. The van der Waals surface area contributed by atoms with E-state index in [1.165, 1.54) is 11.0 Å².